The molecule has 0 radical (unpaired) electrons. The molecule has 7 rings (SSSR count). The maximum absolute atomic E-state index is 14.0. The summed E-state index contributed by atoms with van der Waals surface area (Å²) in [6.07, 6.45) is 12.9. The Balaban J connectivity index is 0.797. The number of aromatic nitrogens is 3. The molecule has 4 amide bonds. The molecule has 3 aromatic carbocycles. The third-order valence-corrected chi connectivity index (χ3v) is 11.1. The lowest BCUT2D eigenvalue weighted by atomic mass is 9.93. The zero-order valence-electron chi connectivity index (χ0n) is 32.9. The van der Waals surface area contributed by atoms with Crippen LogP contribution in [0.2, 0.25) is 0 Å². The van der Waals surface area contributed by atoms with Gasteiger partial charge < -0.3 is 15.2 Å². The van der Waals surface area contributed by atoms with Gasteiger partial charge in [0.2, 0.25) is 11.8 Å². The van der Waals surface area contributed by atoms with Crippen molar-refractivity contribution in [3.8, 4) is 22.5 Å². The van der Waals surface area contributed by atoms with Crippen molar-refractivity contribution < 1.29 is 23.6 Å². The highest BCUT2D eigenvalue weighted by atomic mass is 19.1. The number of amides is 4. The van der Waals surface area contributed by atoms with Gasteiger partial charge in [0.15, 0.2) is 0 Å². The van der Waals surface area contributed by atoms with E-state index in [-0.39, 0.29) is 30.1 Å². The fourth-order valence-corrected chi connectivity index (χ4v) is 8.34. The Kier molecular flexibility index (Phi) is 12.2. The minimum atomic E-state index is -0.970. The number of imidazole rings is 1. The van der Waals surface area contributed by atoms with Crippen molar-refractivity contribution in [2.24, 2.45) is 7.05 Å². The molecule has 5 aromatic rings. The largest absolute Gasteiger partial charge is 0.384 e. The lowest BCUT2D eigenvalue weighted by molar-refractivity contribution is -0.136. The summed E-state index contributed by atoms with van der Waals surface area (Å²) in [6, 6.07) is 15.4. The van der Waals surface area contributed by atoms with Gasteiger partial charge in [0.05, 0.1) is 34.4 Å². The highest BCUT2D eigenvalue weighted by molar-refractivity contribution is 6.25. The number of hydrogen-bond acceptors (Lipinski definition) is 8. The molecule has 0 bridgehead atoms. The summed E-state index contributed by atoms with van der Waals surface area (Å²) in [4.78, 5) is 60.5. The van der Waals surface area contributed by atoms with Crippen molar-refractivity contribution >= 4 is 40.2 Å². The molecule has 57 heavy (non-hydrogen) atoms. The maximum Gasteiger partial charge on any atom is 0.264 e. The first-order valence-corrected chi connectivity index (χ1v) is 20.1. The quantitative estimate of drug-likeness (QED) is 0.0644. The van der Waals surface area contributed by atoms with E-state index in [9.17, 15) is 23.6 Å². The Bertz CT molecular complexity index is 2310. The highest BCUT2D eigenvalue weighted by Crippen LogP contribution is 2.38. The van der Waals surface area contributed by atoms with Crippen LogP contribution >= 0.6 is 0 Å². The summed E-state index contributed by atoms with van der Waals surface area (Å²) in [5.74, 6) is -2.28. The second-order valence-corrected chi connectivity index (χ2v) is 15.3. The maximum atomic E-state index is 14.0. The van der Waals surface area contributed by atoms with E-state index in [0.717, 1.165) is 71.6 Å². The summed E-state index contributed by atoms with van der Waals surface area (Å²) < 4.78 is 16.0. The second kappa shape index (κ2) is 17.6. The average Bonchev–Trinajstić information content (AvgIpc) is 3.68. The number of imide groups is 2. The van der Waals surface area contributed by atoms with Gasteiger partial charge in [0.25, 0.3) is 11.8 Å². The number of fused-ring (bicyclic) bond motifs is 2. The monoisotopic (exact) mass is 771 g/mol. The van der Waals surface area contributed by atoms with Crippen LogP contribution in [0.15, 0.2) is 67.1 Å². The first-order chi connectivity index (χ1) is 27.6. The number of rotatable bonds is 17. The van der Waals surface area contributed by atoms with Gasteiger partial charge in [0.1, 0.15) is 11.9 Å². The van der Waals surface area contributed by atoms with E-state index in [1.165, 1.54) is 54.5 Å². The number of carbonyl (C=O) groups is 4. The van der Waals surface area contributed by atoms with E-state index in [0.29, 0.717) is 23.3 Å². The number of anilines is 1. The Morgan fingerprint density at radius 3 is 2.26 bits per heavy atom. The smallest absolute Gasteiger partial charge is 0.264 e. The molecule has 296 valence electrons. The van der Waals surface area contributed by atoms with Crippen LogP contribution in [0.1, 0.15) is 102 Å². The Hall–Kier alpha value is -5.75. The van der Waals surface area contributed by atoms with Crippen LogP contribution in [0.5, 0.6) is 0 Å². The molecule has 1 unspecified atom stereocenters. The fraction of sp³-hybridized carbons (Fsp3) is 0.378. The zero-order chi connectivity index (χ0) is 40.1. The van der Waals surface area contributed by atoms with E-state index in [1.807, 2.05) is 24.0 Å². The van der Waals surface area contributed by atoms with Crippen LogP contribution in [0.3, 0.4) is 0 Å². The summed E-state index contributed by atoms with van der Waals surface area (Å²) in [7, 11) is 1.99. The molecule has 11 nitrogen and oxygen atoms in total. The third kappa shape index (κ3) is 8.51. The second-order valence-electron chi connectivity index (χ2n) is 15.3. The molecule has 0 saturated carbocycles. The van der Waals surface area contributed by atoms with Gasteiger partial charge in [0, 0.05) is 61.0 Å². The van der Waals surface area contributed by atoms with E-state index in [2.05, 4.69) is 46.9 Å². The van der Waals surface area contributed by atoms with Crippen molar-refractivity contribution in [2.45, 2.75) is 90.6 Å². The zero-order valence-corrected chi connectivity index (χ0v) is 32.9. The highest BCUT2D eigenvalue weighted by Gasteiger charge is 2.45. The average molecular weight is 772 g/mol. The summed E-state index contributed by atoms with van der Waals surface area (Å²) >= 11 is 0. The lowest BCUT2D eigenvalue weighted by Gasteiger charge is -2.27. The van der Waals surface area contributed by atoms with Gasteiger partial charge in [-0.3, -0.25) is 34.4 Å². The number of benzene rings is 3. The topological polar surface area (TPSA) is 138 Å². The molecule has 2 aliphatic rings. The van der Waals surface area contributed by atoms with Crippen LogP contribution < -0.4 is 16.0 Å². The van der Waals surface area contributed by atoms with Gasteiger partial charge >= 0.3 is 0 Å². The van der Waals surface area contributed by atoms with E-state index in [1.54, 1.807) is 30.5 Å². The molecule has 0 spiro atoms. The number of piperidine rings is 1. The van der Waals surface area contributed by atoms with Gasteiger partial charge in [-0.05, 0) is 86.7 Å². The SMILES string of the molecule is Cc1cc(CNCCCCCCCCCCNc2cccc3c2C(=O)N(C2CCC(=O)NC2=O)C3=O)cc(C)c1-c1ncn(C)c1-c1ccnc2cc(F)ccc12. The van der Waals surface area contributed by atoms with E-state index < -0.39 is 23.8 Å². The standard InChI is InChI=1S/C45H50FN7O4/c1-28-23-30(24-29(2)39(28)41-42(52(3)27-50-41)33-19-22-49-36-25-31(46)15-16-32(33)36)26-47-20-10-8-6-4-5-7-9-11-21-48-35-14-12-13-34-40(35)45(57)53(44(34)56)37-17-18-38(54)51-43(37)55/h12-16,19,22-25,27,37,47-48H,4-11,17-18,20-21,26H2,1-3H3,(H,51,54,55). The Morgan fingerprint density at radius 2 is 1.53 bits per heavy atom. The number of nitrogens with one attached hydrogen (secondary N) is 3. The molecule has 2 aliphatic heterocycles. The van der Waals surface area contributed by atoms with Gasteiger partial charge in [-0.1, -0.05) is 56.7 Å². The van der Waals surface area contributed by atoms with E-state index in [4.69, 9.17) is 4.98 Å². The molecule has 4 heterocycles. The molecule has 2 aromatic heterocycles. The molecular formula is C45H50FN7O4. The number of aryl methyl sites for hydroxylation is 3. The molecule has 1 fully saturated rings. The van der Waals surface area contributed by atoms with Crippen LogP contribution in [-0.2, 0) is 23.2 Å². The third-order valence-electron chi connectivity index (χ3n) is 11.1. The minimum Gasteiger partial charge on any atom is -0.384 e. The van der Waals surface area contributed by atoms with Crippen LogP contribution in [0.25, 0.3) is 33.4 Å². The van der Waals surface area contributed by atoms with Gasteiger partial charge in [-0.25, -0.2) is 9.37 Å². The van der Waals surface area contributed by atoms with Gasteiger partial charge in [-0.15, -0.1) is 0 Å². The first-order valence-electron chi connectivity index (χ1n) is 20.1. The number of hydrogen-bond donors (Lipinski definition) is 3. The minimum absolute atomic E-state index is 0.0956. The van der Waals surface area contributed by atoms with Crippen LogP contribution in [-0.4, -0.2) is 62.2 Å². The molecule has 3 N–H and O–H groups in total. The van der Waals surface area contributed by atoms with Crippen molar-refractivity contribution in [3.05, 3.63) is 101 Å². The lowest BCUT2D eigenvalue weighted by Crippen LogP contribution is -2.54. The van der Waals surface area contributed by atoms with Crippen molar-refractivity contribution in [1.29, 1.82) is 0 Å². The Morgan fingerprint density at radius 1 is 0.807 bits per heavy atom. The van der Waals surface area contributed by atoms with Gasteiger partial charge in [-0.2, -0.15) is 0 Å². The number of unbranched alkanes of at least 4 members (excludes halogenated alkanes) is 7. The van der Waals surface area contributed by atoms with Crippen molar-refractivity contribution in [1.82, 2.24) is 30.1 Å². The number of nitrogens with zero attached hydrogens (tertiary/aromatic N) is 4. The molecule has 1 atom stereocenters. The van der Waals surface area contributed by atoms with Crippen molar-refractivity contribution in [3.63, 3.8) is 0 Å². The molecule has 0 aliphatic carbocycles. The predicted molar refractivity (Wildman–Crippen MR) is 219 cm³/mol. The van der Waals surface area contributed by atoms with Crippen LogP contribution in [0, 0.1) is 19.7 Å². The van der Waals surface area contributed by atoms with Crippen LogP contribution in [0.4, 0.5) is 10.1 Å². The summed E-state index contributed by atoms with van der Waals surface area (Å²) in [5.41, 5.74) is 9.38. The summed E-state index contributed by atoms with van der Waals surface area (Å²) in [5, 5.41) is 10.1. The molecular weight excluding hydrogens is 722 g/mol. The summed E-state index contributed by atoms with van der Waals surface area (Å²) in [6.45, 7) is 6.73. The molecule has 1 saturated heterocycles. The normalized spacial score (nSPS) is 15.4. The first kappa shape index (κ1) is 39.5. The number of pyridine rings is 1. The number of carbonyl (C=O) groups excluding carboxylic acids is 4. The van der Waals surface area contributed by atoms with Crippen molar-refractivity contribution in [2.75, 3.05) is 18.4 Å². The molecule has 12 heteroatoms. The Labute approximate surface area is 332 Å². The number of halogens is 1. The fourth-order valence-electron chi connectivity index (χ4n) is 8.34. The predicted octanol–water partition coefficient (Wildman–Crippen LogP) is 7.78. The van der Waals surface area contributed by atoms with E-state index >= 15 is 0 Å².